The van der Waals surface area contributed by atoms with Gasteiger partial charge < -0.3 is 4.74 Å². The molecule has 1 aliphatic heterocycles. The van der Waals surface area contributed by atoms with Gasteiger partial charge in [-0.2, -0.15) is 4.31 Å². The Morgan fingerprint density at radius 1 is 1.23 bits per heavy atom. The number of nitrogens with zero attached hydrogens (tertiary/aromatic N) is 1. The minimum atomic E-state index is -3.52. The van der Waals surface area contributed by atoms with Gasteiger partial charge in [0.25, 0.3) is 0 Å². The first-order chi connectivity index (χ1) is 10.5. The van der Waals surface area contributed by atoms with E-state index in [1.807, 2.05) is 0 Å². The van der Waals surface area contributed by atoms with Gasteiger partial charge in [-0.15, -0.1) is 0 Å². The predicted molar refractivity (Wildman–Crippen MR) is 77.7 cm³/mol. The van der Waals surface area contributed by atoms with Crippen LogP contribution in [0.3, 0.4) is 0 Å². The lowest BCUT2D eigenvalue weighted by atomic mass is 10.2. The summed E-state index contributed by atoms with van der Waals surface area (Å²) in [5.41, 5.74) is 0.198. The van der Waals surface area contributed by atoms with Crippen LogP contribution < -0.4 is 0 Å². The second kappa shape index (κ2) is 6.22. The summed E-state index contributed by atoms with van der Waals surface area (Å²) in [5.74, 6) is -1.44. The Hall–Kier alpha value is -1.05. The van der Waals surface area contributed by atoms with Gasteiger partial charge in [0.1, 0.15) is 11.6 Å². The summed E-state index contributed by atoms with van der Waals surface area (Å²) in [6, 6.07) is 3.17. The molecular formula is C15H19F2NO3S. The number of benzene rings is 1. The number of sulfonamides is 1. The van der Waals surface area contributed by atoms with Crippen LogP contribution in [0.25, 0.3) is 0 Å². The average Bonchev–Trinajstić information content (AvgIpc) is 3.15. The monoisotopic (exact) mass is 331 g/mol. The van der Waals surface area contributed by atoms with Crippen molar-refractivity contribution in [3.8, 4) is 0 Å². The molecular weight excluding hydrogens is 312 g/mol. The maximum atomic E-state index is 13.8. The SMILES string of the molecule is O=S(=O)(C[C@@H]1CCCO1)N(Cc1ccc(F)cc1F)C1CC1. The maximum absolute atomic E-state index is 13.8. The summed E-state index contributed by atoms with van der Waals surface area (Å²) in [7, 11) is -3.52. The summed E-state index contributed by atoms with van der Waals surface area (Å²) in [6.07, 6.45) is 2.91. The second-order valence-corrected chi connectivity index (χ2v) is 7.89. The Morgan fingerprint density at radius 2 is 2.00 bits per heavy atom. The highest BCUT2D eigenvalue weighted by Gasteiger charge is 2.39. The van der Waals surface area contributed by atoms with Crippen molar-refractivity contribution >= 4 is 10.0 Å². The lowest BCUT2D eigenvalue weighted by molar-refractivity contribution is 0.126. The molecule has 0 spiro atoms. The van der Waals surface area contributed by atoms with Crippen LogP contribution in [-0.2, 0) is 21.3 Å². The fourth-order valence-electron chi connectivity index (χ4n) is 2.74. The molecule has 1 saturated heterocycles. The Kier molecular flexibility index (Phi) is 4.47. The zero-order chi connectivity index (χ0) is 15.7. The molecule has 1 aromatic carbocycles. The molecule has 2 fully saturated rings. The number of ether oxygens (including phenoxy) is 1. The Bertz CT molecular complexity index is 640. The summed E-state index contributed by atoms with van der Waals surface area (Å²) >= 11 is 0. The first-order valence-electron chi connectivity index (χ1n) is 7.51. The van der Waals surface area contributed by atoms with E-state index in [-0.39, 0.29) is 30.0 Å². The third kappa shape index (κ3) is 3.64. The lowest BCUT2D eigenvalue weighted by Gasteiger charge is -2.23. The van der Waals surface area contributed by atoms with E-state index in [4.69, 9.17) is 4.74 Å². The summed E-state index contributed by atoms with van der Waals surface area (Å²) < 4.78 is 58.7. The van der Waals surface area contributed by atoms with Crippen molar-refractivity contribution in [2.24, 2.45) is 0 Å². The Labute approximate surface area is 129 Å². The molecule has 0 unspecified atom stereocenters. The van der Waals surface area contributed by atoms with Crippen LogP contribution in [-0.4, -0.2) is 37.2 Å². The largest absolute Gasteiger partial charge is 0.377 e. The minimum Gasteiger partial charge on any atom is -0.377 e. The normalized spacial score (nSPS) is 22.4. The van der Waals surface area contributed by atoms with Gasteiger partial charge in [0.15, 0.2) is 0 Å². The van der Waals surface area contributed by atoms with Crippen LogP contribution in [0.5, 0.6) is 0 Å². The number of hydrogen-bond donors (Lipinski definition) is 0. The molecule has 0 radical (unpaired) electrons. The molecule has 2 aliphatic rings. The summed E-state index contributed by atoms with van der Waals surface area (Å²) in [5, 5.41) is 0. The molecule has 0 N–H and O–H groups in total. The van der Waals surface area contributed by atoms with Crippen molar-refractivity contribution < 1.29 is 21.9 Å². The average molecular weight is 331 g/mol. The van der Waals surface area contributed by atoms with Gasteiger partial charge in [0.05, 0.1) is 11.9 Å². The number of hydrogen-bond acceptors (Lipinski definition) is 3. The van der Waals surface area contributed by atoms with Crippen LogP contribution in [0.1, 0.15) is 31.2 Å². The standard InChI is InChI=1S/C15H19F2NO3S/c16-12-4-3-11(15(17)8-12)9-18(13-5-6-13)22(19,20)10-14-2-1-7-21-14/h3-4,8,13-14H,1-2,5-7,9-10H2/t14-/m0/s1. The zero-order valence-corrected chi connectivity index (χ0v) is 13.0. The lowest BCUT2D eigenvalue weighted by Crippen LogP contribution is -2.38. The molecule has 1 saturated carbocycles. The smallest absolute Gasteiger partial charge is 0.217 e. The fraction of sp³-hybridized carbons (Fsp3) is 0.600. The molecule has 7 heteroatoms. The quantitative estimate of drug-likeness (QED) is 0.804. The van der Waals surface area contributed by atoms with Gasteiger partial charge in [-0.1, -0.05) is 6.07 Å². The van der Waals surface area contributed by atoms with Gasteiger partial charge in [-0.25, -0.2) is 17.2 Å². The minimum absolute atomic E-state index is 0.0498. The molecule has 4 nitrogen and oxygen atoms in total. The zero-order valence-electron chi connectivity index (χ0n) is 12.2. The van der Waals surface area contributed by atoms with Gasteiger partial charge in [0.2, 0.25) is 10.0 Å². The summed E-state index contributed by atoms with van der Waals surface area (Å²) in [4.78, 5) is 0. The van der Waals surface area contributed by atoms with Crippen molar-refractivity contribution in [3.63, 3.8) is 0 Å². The predicted octanol–water partition coefficient (Wildman–Crippen LogP) is 2.44. The van der Waals surface area contributed by atoms with Gasteiger partial charge >= 0.3 is 0 Å². The molecule has 0 bridgehead atoms. The molecule has 1 heterocycles. The van der Waals surface area contributed by atoms with Crippen molar-refractivity contribution in [3.05, 3.63) is 35.4 Å². The molecule has 1 atom stereocenters. The van der Waals surface area contributed by atoms with Crippen LogP contribution >= 0.6 is 0 Å². The molecule has 1 aliphatic carbocycles. The van der Waals surface area contributed by atoms with Crippen LogP contribution in [0, 0.1) is 11.6 Å². The van der Waals surface area contributed by atoms with Crippen LogP contribution in [0.4, 0.5) is 8.78 Å². The molecule has 3 rings (SSSR count). The van der Waals surface area contributed by atoms with Crippen molar-refractivity contribution in [1.29, 1.82) is 0 Å². The Balaban J connectivity index is 1.77. The van der Waals surface area contributed by atoms with E-state index in [0.717, 1.165) is 37.8 Å². The van der Waals surface area contributed by atoms with E-state index in [2.05, 4.69) is 0 Å². The Morgan fingerprint density at radius 3 is 2.59 bits per heavy atom. The third-order valence-corrected chi connectivity index (χ3v) is 6.01. The maximum Gasteiger partial charge on any atom is 0.217 e. The van der Waals surface area contributed by atoms with E-state index in [1.165, 1.54) is 10.4 Å². The summed E-state index contributed by atoms with van der Waals surface area (Å²) in [6.45, 7) is 0.544. The van der Waals surface area contributed by atoms with E-state index < -0.39 is 21.7 Å². The highest BCUT2D eigenvalue weighted by atomic mass is 32.2. The molecule has 1 aromatic rings. The second-order valence-electron chi connectivity index (χ2n) is 5.93. The van der Waals surface area contributed by atoms with Crippen molar-refractivity contribution in [2.45, 2.75) is 44.4 Å². The fourth-order valence-corrected chi connectivity index (χ4v) is 4.67. The number of halogens is 2. The van der Waals surface area contributed by atoms with Gasteiger partial charge in [0, 0.05) is 30.8 Å². The molecule has 122 valence electrons. The first-order valence-corrected chi connectivity index (χ1v) is 9.12. The van der Waals surface area contributed by atoms with Gasteiger partial charge in [-0.05, 0) is 31.7 Å². The third-order valence-electron chi connectivity index (χ3n) is 4.07. The van der Waals surface area contributed by atoms with E-state index in [9.17, 15) is 17.2 Å². The highest BCUT2D eigenvalue weighted by Crippen LogP contribution is 2.32. The topological polar surface area (TPSA) is 46.6 Å². The van der Waals surface area contributed by atoms with Crippen molar-refractivity contribution in [2.75, 3.05) is 12.4 Å². The molecule has 0 aromatic heterocycles. The first kappa shape index (κ1) is 15.8. The molecule has 0 amide bonds. The van der Waals surface area contributed by atoms with E-state index >= 15 is 0 Å². The van der Waals surface area contributed by atoms with E-state index in [0.29, 0.717) is 6.61 Å². The van der Waals surface area contributed by atoms with Crippen LogP contribution in [0.2, 0.25) is 0 Å². The van der Waals surface area contributed by atoms with Gasteiger partial charge in [-0.3, -0.25) is 0 Å². The number of rotatable bonds is 6. The van der Waals surface area contributed by atoms with E-state index in [1.54, 1.807) is 0 Å². The van der Waals surface area contributed by atoms with Crippen molar-refractivity contribution in [1.82, 2.24) is 4.31 Å². The van der Waals surface area contributed by atoms with Crippen LogP contribution in [0.15, 0.2) is 18.2 Å². The highest BCUT2D eigenvalue weighted by molar-refractivity contribution is 7.89. The molecule has 22 heavy (non-hydrogen) atoms.